The van der Waals surface area contributed by atoms with Gasteiger partial charge in [-0.05, 0) is 47.4 Å². The summed E-state index contributed by atoms with van der Waals surface area (Å²) in [5.74, 6) is 1.08. The molecule has 0 saturated carbocycles. The van der Waals surface area contributed by atoms with Crippen LogP contribution in [0, 0.1) is 0 Å². The minimum atomic E-state index is 0.806. The van der Waals surface area contributed by atoms with E-state index >= 15 is 0 Å². The summed E-state index contributed by atoms with van der Waals surface area (Å²) in [7, 11) is 5.82. The molecule has 0 spiro atoms. The summed E-state index contributed by atoms with van der Waals surface area (Å²) in [5.41, 5.74) is 1.30. The van der Waals surface area contributed by atoms with Gasteiger partial charge in [-0.25, -0.2) is 0 Å². The molecule has 0 fully saturated rings. The lowest BCUT2D eigenvalue weighted by atomic mass is 10.3. The van der Waals surface area contributed by atoms with Crippen molar-refractivity contribution in [2.24, 2.45) is 0 Å². The van der Waals surface area contributed by atoms with Gasteiger partial charge in [0.25, 0.3) is 0 Å². The minimum absolute atomic E-state index is 0.806. The number of allylic oxidation sites excluding steroid dienone is 4. The number of likely N-dealkylation sites (N-methyl/N-ethyl adjacent to an activating group) is 2. The highest BCUT2D eigenvalue weighted by Crippen LogP contribution is 2.05. The smallest absolute Gasteiger partial charge is 0.0956 e. The zero-order chi connectivity index (χ0) is 19.2. The summed E-state index contributed by atoms with van der Waals surface area (Å²) >= 11 is 0. The fourth-order valence-corrected chi connectivity index (χ4v) is 1.48. The fourth-order valence-electron chi connectivity index (χ4n) is 1.48. The molecule has 0 radical (unpaired) electrons. The molecule has 0 rings (SSSR count). The predicted molar refractivity (Wildman–Crippen MR) is 109 cm³/mol. The molecule has 0 saturated heterocycles. The first-order valence-electron chi connectivity index (χ1n) is 9.30. The molecule has 0 atom stereocenters. The van der Waals surface area contributed by atoms with Gasteiger partial charge in [-0.2, -0.15) is 0 Å². The van der Waals surface area contributed by atoms with E-state index < -0.39 is 0 Å². The molecule has 0 aromatic carbocycles. The van der Waals surface area contributed by atoms with Crippen molar-refractivity contribution in [1.29, 1.82) is 0 Å². The zero-order valence-corrected chi connectivity index (χ0v) is 17.9. The average molecular weight is 345 g/mol. The minimum Gasteiger partial charge on any atom is -0.498 e. The maximum atomic E-state index is 5.77. The number of rotatable bonds is 11. The standard InChI is InChI=1S/C15H30N2O.C3H8O.C2H6/c1-6-15(9-8-14(2)3)18-13-7-11-17(5)12-10-16-4;1-3-4-2;1-2/h8-9,16H,6-7,10-13H2,1-5H3;3H2,1-2H3;1-2H3/b15-9+;;. The van der Waals surface area contributed by atoms with Gasteiger partial charge in [0.2, 0.25) is 0 Å². The summed E-state index contributed by atoms with van der Waals surface area (Å²) < 4.78 is 10.3. The quantitative estimate of drug-likeness (QED) is 0.340. The van der Waals surface area contributed by atoms with E-state index in [2.05, 4.69) is 54.9 Å². The van der Waals surface area contributed by atoms with Crippen LogP contribution in [0.5, 0.6) is 0 Å². The third kappa shape index (κ3) is 26.1. The second kappa shape index (κ2) is 24.4. The summed E-state index contributed by atoms with van der Waals surface area (Å²) in [6.07, 6.45) is 6.23. The number of hydrogen-bond acceptors (Lipinski definition) is 4. The molecule has 0 aliphatic carbocycles. The Bertz CT molecular complexity index is 283. The normalized spacial score (nSPS) is 10.3. The molecule has 0 aromatic rings. The van der Waals surface area contributed by atoms with Crippen molar-refractivity contribution in [3.05, 3.63) is 23.5 Å². The SMILES string of the molecule is CC.CC/C(=C\C=C(C)C)OCCCN(C)CCNC.CCOC. The average Bonchev–Trinajstić information content (AvgIpc) is 2.61. The molecular formula is C20H44N2O2. The van der Waals surface area contributed by atoms with E-state index in [0.29, 0.717) is 0 Å². The van der Waals surface area contributed by atoms with E-state index in [0.717, 1.165) is 51.4 Å². The van der Waals surface area contributed by atoms with E-state index in [1.54, 1.807) is 7.11 Å². The summed E-state index contributed by atoms with van der Waals surface area (Å²) in [6.45, 7) is 17.1. The van der Waals surface area contributed by atoms with E-state index in [9.17, 15) is 0 Å². The molecule has 0 unspecified atom stereocenters. The highest BCUT2D eigenvalue weighted by Gasteiger charge is 1.98. The number of nitrogens with zero attached hydrogens (tertiary/aromatic N) is 1. The van der Waals surface area contributed by atoms with Crippen molar-refractivity contribution in [3.63, 3.8) is 0 Å². The molecule has 0 aromatic heterocycles. The Kier molecular flexibility index (Phi) is 28.5. The lowest BCUT2D eigenvalue weighted by molar-refractivity contribution is 0.185. The Morgan fingerprint density at radius 1 is 1.08 bits per heavy atom. The number of nitrogens with one attached hydrogen (secondary N) is 1. The largest absolute Gasteiger partial charge is 0.498 e. The maximum absolute atomic E-state index is 5.77. The predicted octanol–water partition coefficient (Wildman–Crippen LogP) is 4.48. The Labute approximate surface area is 152 Å². The Hall–Kier alpha value is -0.840. The first-order chi connectivity index (χ1) is 11.5. The number of ether oxygens (including phenoxy) is 2. The van der Waals surface area contributed by atoms with Gasteiger partial charge in [0, 0.05) is 39.8 Å². The molecule has 4 heteroatoms. The maximum Gasteiger partial charge on any atom is 0.0956 e. The molecular weight excluding hydrogens is 300 g/mol. The van der Waals surface area contributed by atoms with Gasteiger partial charge < -0.3 is 19.7 Å². The van der Waals surface area contributed by atoms with Crippen LogP contribution in [-0.2, 0) is 9.47 Å². The van der Waals surface area contributed by atoms with Crippen molar-refractivity contribution in [3.8, 4) is 0 Å². The third-order valence-corrected chi connectivity index (χ3v) is 2.95. The molecule has 4 nitrogen and oxygen atoms in total. The number of hydrogen-bond donors (Lipinski definition) is 1. The van der Waals surface area contributed by atoms with E-state index in [1.807, 2.05) is 27.8 Å². The second-order valence-electron chi connectivity index (χ2n) is 5.42. The molecule has 0 aliphatic heterocycles. The third-order valence-electron chi connectivity index (χ3n) is 2.95. The van der Waals surface area contributed by atoms with Crippen LogP contribution < -0.4 is 5.32 Å². The molecule has 0 aliphatic rings. The van der Waals surface area contributed by atoms with Crippen molar-refractivity contribution in [2.45, 2.75) is 54.4 Å². The summed E-state index contributed by atoms with van der Waals surface area (Å²) in [4.78, 5) is 2.32. The Morgan fingerprint density at radius 3 is 2.08 bits per heavy atom. The number of methoxy groups -OCH3 is 1. The summed E-state index contributed by atoms with van der Waals surface area (Å²) in [6, 6.07) is 0. The van der Waals surface area contributed by atoms with Gasteiger partial charge in [0.1, 0.15) is 0 Å². The monoisotopic (exact) mass is 344 g/mol. The Balaban J connectivity index is -0.000000636. The fraction of sp³-hybridized carbons (Fsp3) is 0.800. The zero-order valence-electron chi connectivity index (χ0n) is 17.9. The van der Waals surface area contributed by atoms with Gasteiger partial charge >= 0.3 is 0 Å². The van der Waals surface area contributed by atoms with Crippen molar-refractivity contribution >= 4 is 0 Å². The van der Waals surface area contributed by atoms with Crippen LogP contribution in [0.4, 0.5) is 0 Å². The molecule has 0 amide bonds. The summed E-state index contributed by atoms with van der Waals surface area (Å²) in [5, 5.41) is 3.16. The highest BCUT2D eigenvalue weighted by atomic mass is 16.5. The van der Waals surface area contributed by atoms with Gasteiger partial charge in [-0.15, -0.1) is 0 Å². The highest BCUT2D eigenvalue weighted by molar-refractivity contribution is 5.11. The van der Waals surface area contributed by atoms with E-state index in [-0.39, 0.29) is 0 Å². The van der Waals surface area contributed by atoms with Crippen LogP contribution in [0.1, 0.15) is 54.4 Å². The van der Waals surface area contributed by atoms with Crippen LogP contribution in [0.15, 0.2) is 23.5 Å². The van der Waals surface area contributed by atoms with Crippen molar-refractivity contribution < 1.29 is 9.47 Å². The van der Waals surface area contributed by atoms with Crippen molar-refractivity contribution in [1.82, 2.24) is 10.2 Å². The lowest BCUT2D eigenvalue weighted by Gasteiger charge is -2.16. The van der Waals surface area contributed by atoms with Gasteiger partial charge in [-0.3, -0.25) is 0 Å². The van der Waals surface area contributed by atoms with Gasteiger partial charge in [0.05, 0.1) is 12.4 Å². The first-order valence-corrected chi connectivity index (χ1v) is 9.30. The van der Waals surface area contributed by atoms with E-state index in [4.69, 9.17) is 4.74 Å². The topological polar surface area (TPSA) is 33.7 Å². The lowest BCUT2D eigenvalue weighted by Crippen LogP contribution is -2.28. The van der Waals surface area contributed by atoms with Crippen LogP contribution >= 0.6 is 0 Å². The van der Waals surface area contributed by atoms with Crippen LogP contribution in [0.3, 0.4) is 0 Å². The van der Waals surface area contributed by atoms with Crippen LogP contribution in [0.2, 0.25) is 0 Å². The van der Waals surface area contributed by atoms with Gasteiger partial charge in [-0.1, -0.05) is 32.4 Å². The molecule has 0 heterocycles. The molecule has 0 bridgehead atoms. The van der Waals surface area contributed by atoms with Gasteiger partial charge in [0.15, 0.2) is 0 Å². The van der Waals surface area contributed by atoms with E-state index in [1.165, 1.54) is 5.57 Å². The Morgan fingerprint density at radius 2 is 1.67 bits per heavy atom. The molecule has 146 valence electrons. The molecule has 1 N–H and O–H groups in total. The first kappa shape index (κ1) is 28.0. The van der Waals surface area contributed by atoms with Crippen LogP contribution in [-0.4, -0.2) is 59.0 Å². The van der Waals surface area contributed by atoms with Crippen LogP contribution in [0.25, 0.3) is 0 Å². The molecule has 24 heavy (non-hydrogen) atoms. The van der Waals surface area contributed by atoms with Crippen molar-refractivity contribution in [2.75, 3.05) is 54.1 Å². The second-order valence-corrected chi connectivity index (χ2v) is 5.42.